The van der Waals surface area contributed by atoms with E-state index >= 15 is 0 Å². The van der Waals surface area contributed by atoms with Crippen LogP contribution in [0, 0.1) is 0 Å². The van der Waals surface area contributed by atoms with Gasteiger partial charge in [-0.2, -0.15) is 4.68 Å². The predicted molar refractivity (Wildman–Crippen MR) is 105 cm³/mol. The van der Waals surface area contributed by atoms with Crippen molar-refractivity contribution in [2.45, 2.75) is 19.9 Å². The Labute approximate surface area is 170 Å². The average molecular weight is 450 g/mol. The molecule has 0 fully saturated rings. The molecule has 0 amide bonds. The van der Waals surface area contributed by atoms with Gasteiger partial charge in [0.05, 0.1) is 23.8 Å². The summed E-state index contributed by atoms with van der Waals surface area (Å²) in [5.74, 6) is 1.04. The molecule has 0 saturated heterocycles. The van der Waals surface area contributed by atoms with Gasteiger partial charge in [-0.15, -0.1) is 0 Å². The maximum atomic E-state index is 12.5. The quantitative estimate of drug-likeness (QED) is 0.508. The van der Waals surface area contributed by atoms with Crippen molar-refractivity contribution in [3.63, 3.8) is 0 Å². The normalized spacial score (nSPS) is 15.5. The second-order valence-corrected chi connectivity index (χ2v) is 6.72. The number of tetrazole rings is 1. The van der Waals surface area contributed by atoms with Gasteiger partial charge in [0.2, 0.25) is 5.95 Å². The number of carbonyl (C=O) groups is 1. The zero-order chi connectivity index (χ0) is 20.3. The van der Waals surface area contributed by atoms with Gasteiger partial charge < -0.3 is 19.5 Å². The van der Waals surface area contributed by atoms with Gasteiger partial charge in [-0.1, -0.05) is 17.8 Å². The van der Waals surface area contributed by atoms with E-state index in [2.05, 4.69) is 43.4 Å². The van der Waals surface area contributed by atoms with Crippen LogP contribution in [0.5, 0.6) is 11.5 Å². The van der Waals surface area contributed by atoms with E-state index in [0.717, 1.165) is 5.56 Å². The Morgan fingerprint density at radius 3 is 2.89 bits per heavy atom. The van der Waals surface area contributed by atoms with Crippen LogP contribution in [-0.4, -0.2) is 46.5 Å². The number of hydrogen-bond acceptors (Lipinski definition) is 8. The summed E-state index contributed by atoms with van der Waals surface area (Å²) < 4.78 is 18.7. The molecule has 148 valence electrons. The summed E-state index contributed by atoms with van der Waals surface area (Å²) >= 11 is 3.54. The zero-order valence-corrected chi connectivity index (χ0v) is 17.3. The molecule has 1 aliphatic heterocycles. The molecule has 2 heterocycles. The predicted octanol–water partition coefficient (Wildman–Crippen LogP) is 2.86. The van der Waals surface area contributed by atoms with Crippen LogP contribution in [0.25, 0.3) is 0 Å². The van der Waals surface area contributed by atoms with Crippen molar-refractivity contribution in [3.8, 4) is 11.5 Å². The summed E-state index contributed by atoms with van der Waals surface area (Å²) in [5.41, 5.74) is 1.74. The van der Waals surface area contributed by atoms with E-state index in [4.69, 9.17) is 14.2 Å². The van der Waals surface area contributed by atoms with Gasteiger partial charge in [0.15, 0.2) is 11.5 Å². The van der Waals surface area contributed by atoms with Crippen molar-refractivity contribution in [1.82, 2.24) is 20.2 Å². The third kappa shape index (κ3) is 3.59. The number of methoxy groups -OCH3 is 1. The Morgan fingerprint density at radius 2 is 2.21 bits per heavy atom. The number of benzene rings is 1. The van der Waals surface area contributed by atoms with Gasteiger partial charge in [-0.25, -0.2) is 4.79 Å². The lowest BCUT2D eigenvalue weighted by Crippen LogP contribution is -2.29. The molecule has 1 N–H and O–H groups in total. The third-order valence-corrected chi connectivity index (χ3v) is 4.70. The lowest BCUT2D eigenvalue weighted by atomic mass is 9.95. The minimum atomic E-state index is -0.595. The number of esters is 1. The van der Waals surface area contributed by atoms with E-state index in [1.54, 1.807) is 13.0 Å². The van der Waals surface area contributed by atoms with Crippen LogP contribution >= 0.6 is 15.9 Å². The number of rotatable bonds is 7. The van der Waals surface area contributed by atoms with E-state index < -0.39 is 12.0 Å². The minimum Gasteiger partial charge on any atom is -0.490 e. The Morgan fingerprint density at radius 1 is 1.43 bits per heavy atom. The smallest absolute Gasteiger partial charge is 0.338 e. The summed E-state index contributed by atoms with van der Waals surface area (Å²) in [7, 11) is 1.34. The number of fused-ring (bicyclic) bond motifs is 1. The van der Waals surface area contributed by atoms with Gasteiger partial charge in [-0.3, -0.25) is 0 Å². The second-order valence-electron chi connectivity index (χ2n) is 5.87. The first-order valence-electron chi connectivity index (χ1n) is 8.55. The lowest BCUT2D eigenvalue weighted by molar-refractivity contribution is -0.136. The van der Waals surface area contributed by atoms with Crippen molar-refractivity contribution in [1.29, 1.82) is 0 Å². The van der Waals surface area contributed by atoms with Crippen LogP contribution in [0.1, 0.15) is 25.5 Å². The highest BCUT2D eigenvalue weighted by atomic mass is 79.9. The highest BCUT2D eigenvalue weighted by Gasteiger charge is 2.35. The van der Waals surface area contributed by atoms with Crippen LogP contribution in [0.2, 0.25) is 0 Å². The number of nitrogens with one attached hydrogen (secondary N) is 1. The van der Waals surface area contributed by atoms with E-state index in [1.165, 1.54) is 11.8 Å². The van der Waals surface area contributed by atoms with E-state index in [1.807, 2.05) is 19.1 Å². The van der Waals surface area contributed by atoms with Gasteiger partial charge in [0.25, 0.3) is 0 Å². The van der Waals surface area contributed by atoms with Crippen molar-refractivity contribution in [2.75, 3.05) is 25.6 Å². The number of hydrogen-bond donors (Lipinski definition) is 1. The molecule has 0 bridgehead atoms. The molecule has 0 unspecified atom stereocenters. The van der Waals surface area contributed by atoms with E-state index in [0.29, 0.717) is 46.4 Å². The number of carbonyl (C=O) groups excluding carboxylic acids is 1. The van der Waals surface area contributed by atoms with E-state index in [9.17, 15) is 4.79 Å². The highest BCUT2D eigenvalue weighted by Crippen LogP contribution is 2.42. The molecule has 0 aliphatic carbocycles. The van der Waals surface area contributed by atoms with Crippen molar-refractivity contribution in [2.24, 2.45) is 0 Å². The number of halogens is 1. The van der Waals surface area contributed by atoms with E-state index in [-0.39, 0.29) is 0 Å². The fraction of sp³-hybridized carbons (Fsp3) is 0.333. The standard InChI is InChI=1S/C18H20BrN5O4/c1-5-7-28-16-12(19)8-11(9-13(16)27-6-2)15-14(17(25)26-4)10(3)20-18-21-22-23-24(15)18/h5,8-9,15H,1,6-7H2,2-4H3,(H,20,21,23)/t15-/m0/s1. The largest absolute Gasteiger partial charge is 0.490 e. The van der Waals surface area contributed by atoms with Gasteiger partial charge in [0, 0.05) is 5.70 Å². The first-order chi connectivity index (χ1) is 13.5. The van der Waals surface area contributed by atoms with Crippen LogP contribution in [0.4, 0.5) is 5.95 Å². The number of nitrogens with zero attached hydrogens (tertiary/aromatic N) is 4. The number of aromatic nitrogens is 4. The molecule has 1 atom stereocenters. The molecule has 0 radical (unpaired) electrons. The fourth-order valence-electron chi connectivity index (χ4n) is 2.99. The first kappa shape index (κ1) is 19.9. The Bertz CT molecular complexity index is 940. The summed E-state index contributed by atoms with van der Waals surface area (Å²) in [5, 5.41) is 14.8. The van der Waals surface area contributed by atoms with Gasteiger partial charge >= 0.3 is 5.97 Å². The average Bonchev–Trinajstić information content (AvgIpc) is 3.13. The summed E-state index contributed by atoms with van der Waals surface area (Å²) in [6.07, 6.45) is 1.65. The minimum absolute atomic E-state index is 0.328. The number of allylic oxidation sites excluding steroid dienone is 1. The lowest BCUT2D eigenvalue weighted by Gasteiger charge is -2.27. The van der Waals surface area contributed by atoms with Crippen molar-refractivity contribution >= 4 is 27.8 Å². The molecule has 10 heteroatoms. The molecule has 1 aromatic carbocycles. The second kappa shape index (κ2) is 8.42. The molecule has 1 aromatic heterocycles. The summed E-state index contributed by atoms with van der Waals surface area (Å²) in [6, 6.07) is 3.06. The molecule has 1 aliphatic rings. The number of anilines is 1. The molecule has 0 saturated carbocycles. The van der Waals surface area contributed by atoms with Crippen LogP contribution in [0.15, 0.2) is 40.5 Å². The van der Waals surface area contributed by atoms with Gasteiger partial charge in [-0.05, 0) is 57.9 Å². The maximum absolute atomic E-state index is 12.5. The summed E-state index contributed by atoms with van der Waals surface area (Å²) in [6.45, 7) is 8.10. The molecule has 28 heavy (non-hydrogen) atoms. The monoisotopic (exact) mass is 449 g/mol. The summed E-state index contributed by atoms with van der Waals surface area (Å²) in [4.78, 5) is 12.5. The Kier molecular flexibility index (Phi) is 5.98. The molecular formula is C18H20BrN5O4. The van der Waals surface area contributed by atoms with Crippen molar-refractivity contribution < 1.29 is 19.0 Å². The van der Waals surface area contributed by atoms with Crippen LogP contribution in [-0.2, 0) is 9.53 Å². The first-order valence-corrected chi connectivity index (χ1v) is 9.35. The van der Waals surface area contributed by atoms with Gasteiger partial charge in [0.1, 0.15) is 12.6 Å². The zero-order valence-electron chi connectivity index (χ0n) is 15.7. The van der Waals surface area contributed by atoms with Crippen LogP contribution < -0.4 is 14.8 Å². The fourth-order valence-corrected chi connectivity index (χ4v) is 3.56. The molecule has 9 nitrogen and oxygen atoms in total. The topological polar surface area (TPSA) is 100 Å². The third-order valence-electron chi connectivity index (χ3n) is 4.11. The SMILES string of the molecule is C=CCOc1c(Br)cc([C@H]2C(C(=O)OC)=C(C)Nc3nnnn32)cc1OCC. The Hall–Kier alpha value is -2.88. The Balaban J connectivity index is 2.17. The van der Waals surface area contributed by atoms with Crippen LogP contribution in [0.3, 0.4) is 0 Å². The maximum Gasteiger partial charge on any atom is 0.338 e. The molecular weight excluding hydrogens is 430 g/mol. The van der Waals surface area contributed by atoms with Crippen molar-refractivity contribution in [3.05, 3.63) is 46.1 Å². The highest BCUT2D eigenvalue weighted by molar-refractivity contribution is 9.10. The molecule has 3 rings (SSSR count). The molecule has 2 aromatic rings. The molecule has 0 spiro atoms. The number of ether oxygens (including phenoxy) is 3.